The van der Waals surface area contributed by atoms with Gasteiger partial charge < -0.3 is 8.98 Å². The van der Waals surface area contributed by atoms with Crippen molar-refractivity contribution in [3.05, 3.63) is 140 Å². The zero-order valence-electron chi connectivity index (χ0n) is 23.9. The Morgan fingerprint density at radius 3 is 2.18 bits per heavy atom. The Morgan fingerprint density at radius 2 is 1.27 bits per heavy atom. The number of furan rings is 1. The van der Waals surface area contributed by atoms with Gasteiger partial charge in [-0.25, -0.2) is 9.97 Å². The highest BCUT2D eigenvalue weighted by molar-refractivity contribution is 7.25. The third kappa shape index (κ3) is 3.65. The fraction of sp³-hybridized carbons (Fsp3) is 0. The molecular weight excluding hydrogens is 571 g/mol. The van der Waals surface area contributed by atoms with E-state index in [1.165, 1.54) is 15.5 Å². The van der Waals surface area contributed by atoms with Gasteiger partial charge in [0.1, 0.15) is 16.0 Å². The summed E-state index contributed by atoms with van der Waals surface area (Å²) in [6, 6.07) is 48.9. The van der Waals surface area contributed by atoms with Gasteiger partial charge >= 0.3 is 0 Å². The average Bonchev–Trinajstić information content (AvgIpc) is 3.76. The SMILES string of the molecule is c1ccc(-c2nc(-c3cccc(-n4c5ccccc5c5cc6oc7ccccc7c6cc54)c3)nc3sc4ccccc4c23)cc1. The summed E-state index contributed by atoms with van der Waals surface area (Å²) in [5.41, 5.74) is 8.18. The van der Waals surface area contributed by atoms with Gasteiger partial charge in [-0.15, -0.1) is 11.3 Å². The molecule has 0 fully saturated rings. The highest BCUT2D eigenvalue weighted by Crippen LogP contribution is 2.41. The number of hydrogen-bond acceptors (Lipinski definition) is 4. The first-order chi connectivity index (χ1) is 22.3. The molecule has 4 aromatic heterocycles. The lowest BCUT2D eigenvalue weighted by atomic mass is 10.1. The molecule has 6 aromatic carbocycles. The number of hydrogen-bond donors (Lipinski definition) is 0. The summed E-state index contributed by atoms with van der Waals surface area (Å²) in [5, 5.41) is 6.90. The molecule has 4 nitrogen and oxygen atoms in total. The van der Waals surface area contributed by atoms with E-state index in [0.717, 1.165) is 76.9 Å². The van der Waals surface area contributed by atoms with Gasteiger partial charge in [0.15, 0.2) is 5.82 Å². The van der Waals surface area contributed by atoms with E-state index in [1.807, 2.05) is 18.2 Å². The minimum absolute atomic E-state index is 0.721. The van der Waals surface area contributed by atoms with Crippen molar-refractivity contribution in [1.82, 2.24) is 14.5 Å². The van der Waals surface area contributed by atoms with Crippen LogP contribution in [-0.2, 0) is 0 Å². The lowest BCUT2D eigenvalue weighted by Gasteiger charge is -2.11. The van der Waals surface area contributed by atoms with Crippen LogP contribution in [0.25, 0.3) is 92.4 Å². The van der Waals surface area contributed by atoms with E-state index in [0.29, 0.717) is 0 Å². The summed E-state index contributed by atoms with van der Waals surface area (Å²) in [6.45, 7) is 0. The third-order valence-corrected chi connectivity index (χ3v) is 9.88. The zero-order chi connectivity index (χ0) is 29.5. The number of para-hydroxylation sites is 2. The average molecular weight is 594 g/mol. The van der Waals surface area contributed by atoms with E-state index >= 15 is 0 Å². The van der Waals surface area contributed by atoms with Crippen molar-refractivity contribution in [2.45, 2.75) is 0 Å². The zero-order valence-corrected chi connectivity index (χ0v) is 24.8. The molecule has 5 heteroatoms. The van der Waals surface area contributed by atoms with Crippen LogP contribution in [0.2, 0.25) is 0 Å². The summed E-state index contributed by atoms with van der Waals surface area (Å²) in [4.78, 5) is 11.4. The quantitative estimate of drug-likeness (QED) is 0.205. The molecule has 10 rings (SSSR count). The highest BCUT2D eigenvalue weighted by Gasteiger charge is 2.19. The van der Waals surface area contributed by atoms with Crippen molar-refractivity contribution in [2.24, 2.45) is 0 Å². The molecule has 0 saturated heterocycles. The van der Waals surface area contributed by atoms with E-state index in [2.05, 4.69) is 126 Å². The molecule has 45 heavy (non-hydrogen) atoms. The molecular formula is C40H23N3OS. The van der Waals surface area contributed by atoms with Gasteiger partial charge in [-0.05, 0) is 42.5 Å². The van der Waals surface area contributed by atoms with Crippen LogP contribution in [0.5, 0.6) is 0 Å². The molecule has 0 aliphatic heterocycles. The molecule has 0 aliphatic rings. The molecule has 0 N–H and O–H groups in total. The first kappa shape index (κ1) is 24.6. The van der Waals surface area contributed by atoms with Crippen LogP contribution in [0, 0.1) is 0 Å². The molecule has 0 atom stereocenters. The van der Waals surface area contributed by atoms with Crippen LogP contribution in [0.3, 0.4) is 0 Å². The van der Waals surface area contributed by atoms with E-state index in [-0.39, 0.29) is 0 Å². The lowest BCUT2D eigenvalue weighted by Crippen LogP contribution is -1.97. The molecule has 0 aliphatic carbocycles. The van der Waals surface area contributed by atoms with Crippen LogP contribution in [-0.4, -0.2) is 14.5 Å². The first-order valence-corrected chi connectivity index (χ1v) is 15.8. The number of nitrogens with zero attached hydrogens (tertiary/aromatic N) is 3. The Bertz CT molecular complexity index is 2770. The lowest BCUT2D eigenvalue weighted by molar-refractivity contribution is 0.669. The van der Waals surface area contributed by atoms with Crippen molar-refractivity contribution < 1.29 is 4.42 Å². The Hall–Kier alpha value is -5.78. The van der Waals surface area contributed by atoms with Crippen molar-refractivity contribution in [3.8, 4) is 28.3 Å². The summed E-state index contributed by atoms with van der Waals surface area (Å²) < 4.78 is 9.85. The van der Waals surface area contributed by atoms with Crippen LogP contribution >= 0.6 is 11.3 Å². The number of thiophene rings is 1. The summed E-state index contributed by atoms with van der Waals surface area (Å²) >= 11 is 1.72. The molecule has 210 valence electrons. The fourth-order valence-electron chi connectivity index (χ4n) is 6.81. The highest BCUT2D eigenvalue weighted by atomic mass is 32.1. The maximum Gasteiger partial charge on any atom is 0.161 e. The molecule has 0 bridgehead atoms. The van der Waals surface area contributed by atoms with E-state index in [9.17, 15) is 0 Å². The van der Waals surface area contributed by atoms with Crippen LogP contribution in [0.15, 0.2) is 144 Å². The van der Waals surface area contributed by atoms with Crippen molar-refractivity contribution in [1.29, 1.82) is 0 Å². The molecule has 0 saturated carbocycles. The van der Waals surface area contributed by atoms with Gasteiger partial charge in [-0.2, -0.15) is 0 Å². The van der Waals surface area contributed by atoms with Gasteiger partial charge in [0.2, 0.25) is 0 Å². The van der Waals surface area contributed by atoms with E-state index in [1.54, 1.807) is 11.3 Å². The van der Waals surface area contributed by atoms with Gasteiger partial charge in [0, 0.05) is 53.8 Å². The van der Waals surface area contributed by atoms with Gasteiger partial charge in [-0.3, -0.25) is 0 Å². The van der Waals surface area contributed by atoms with Crippen molar-refractivity contribution >= 4 is 75.4 Å². The minimum atomic E-state index is 0.721. The fourth-order valence-corrected chi connectivity index (χ4v) is 7.88. The molecule has 10 aromatic rings. The normalized spacial score (nSPS) is 12.0. The predicted octanol–water partition coefficient (Wildman–Crippen LogP) is 11.2. The summed E-state index contributed by atoms with van der Waals surface area (Å²) in [5.74, 6) is 0.721. The van der Waals surface area contributed by atoms with Gasteiger partial charge in [0.05, 0.1) is 16.7 Å². The summed E-state index contributed by atoms with van der Waals surface area (Å²) in [6.07, 6.45) is 0. The molecule has 4 heterocycles. The third-order valence-electron chi connectivity index (χ3n) is 8.82. The molecule has 0 spiro atoms. The second-order valence-electron chi connectivity index (χ2n) is 11.4. The largest absolute Gasteiger partial charge is 0.456 e. The monoisotopic (exact) mass is 593 g/mol. The predicted molar refractivity (Wildman–Crippen MR) is 187 cm³/mol. The topological polar surface area (TPSA) is 43.9 Å². The van der Waals surface area contributed by atoms with Gasteiger partial charge in [0.25, 0.3) is 0 Å². The maximum absolute atomic E-state index is 6.28. The number of fused-ring (bicyclic) bond motifs is 9. The van der Waals surface area contributed by atoms with Crippen molar-refractivity contribution in [3.63, 3.8) is 0 Å². The minimum Gasteiger partial charge on any atom is -0.456 e. The van der Waals surface area contributed by atoms with Crippen LogP contribution in [0.4, 0.5) is 0 Å². The first-order valence-electron chi connectivity index (χ1n) is 15.0. The molecule has 0 amide bonds. The smallest absolute Gasteiger partial charge is 0.161 e. The number of benzene rings is 6. The Balaban J connectivity index is 1.23. The Labute approximate surface area is 261 Å². The second-order valence-corrected chi connectivity index (χ2v) is 12.4. The Morgan fingerprint density at radius 1 is 0.511 bits per heavy atom. The number of rotatable bonds is 3. The Kier molecular flexibility index (Phi) is 5.12. The van der Waals surface area contributed by atoms with E-state index < -0.39 is 0 Å². The van der Waals surface area contributed by atoms with Crippen LogP contribution < -0.4 is 0 Å². The van der Waals surface area contributed by atoms with Gasteiger partial charge in [-0.1, -0.05) is 97.1 Å². The number of aromatic nitrogens is 3. The van der Waals surface area contributed by atoms with Crippen LogP contribution in [0.1, 0.15) is 0 Å². The second kappa shape index (κ2) is 9.36. The van der Waals surface area contributed by atoms with E-state index in [4.69, 9.17) is 14.4 Å². The maximum atomic E-state index is 6.28. The molecule has 0 unspecified atom stereocenters. The standard InChI is InChI=1S/C40H23N3OS/c1-2-11-24(12-3-1)38-37-29-17-6-9-20-36(29)45-40(37)42-39(41-38)25-13-10-14-26(21-25)43-32-18-7-4-15-27(32)30-23-35-31(22-33(30)43)28-16-5-8-19-34(28)44-35/h1-23H. The van der Waals surface area contributed by atoms with Crippen molar-refractivity contribution in [2.75, 3.05) is 0 Å². The molecule has 0 radical (unpaired) electrons. The summed E-state index contributed by atoms with van der Waals surface area (Å²) in [7, 11) is 0.